The standard InChI is InChI=1S/C22H20ClF3N4O6/c1-28-18-17(19(33)30(21(28)34)11-16(31)32)29(10-12-5-7-13(23)8-6-12)20(27-18)35-14-3-2-4-15(9-14)36-22(24,25)26/h2-9,17-18,20,27H,10-11H2,1H3,(H,31,32). The zero-order chi connectivity index (χ0) is 26.2. The molecule has 2 aromatic carbocycles. The predicted octanol–water partition coefficient (Wildman–Crippen LogP) is 2.68. The highest BCUT2D eigenvalue weighted by Gasteiger charge is 2.55. The summed E-state index contributed by atoms with van der Waals surface area (Å²) in [5.41, 5.74) is 0.710. The summed E-state index contributed by atoms with van der Waals surface area (Å²) in [5, 5.41) is 12.7. The largest absolute Gasteiger partial charge is 0.573 e. The normalized spacial score (nSPS) is 22.5. The van der Waals surface area contributed by atoms with E-state index >= 15 is 0 Å². The van der Waals surface area contributed by atoms with Gasteiger partial charge in [-0.3, -0.25) is 14.5 Å². The molecule has 2 saturated heterocycles. The Morgan fingerprint density at radius 2 is 1.81 bits per heavy atom. The van der Waals surface area contributed by atoms with Crippen molar-refractivity contribution in [1.29, 1.82) is 0 Å². The Kier molecular flexibility index (Phi) is 6.98. The summed E-state index contributed by atoms with van der Waals surface area (Å²) in [6.45, 7) is -0.730. The molecule has 0 saturated carbocycles. The van der Waals surface area contributed by atoms with Gasteiger partial charge in [0.1, 0.15) is 30.3 Å². The van der Waals surface area contributed by atoms with E-state index in [2.05, 4.69) is 10.1 Å². The highest BCUT2D eigenvalue weighted by Crippen LogP contribution is 2.32. The summed E-state index contributed by atoms with van der Waals surface area (Å²) in [5.74, 6) is -2.63. The lowest BCUT2D eigenvalue weighted by molar-refractivity contribution is -0.274. The zero-order valence-electron chi connectivity index (χ0n) is 18.6. The van der Waals surface area contributed by atoms with E-state index in [0.717, 1.165) is 12.1 Å². The first-order valence-electron chi connectivity index (χ1n) is 10.5. The first-order chi connectivity index (χ1) is 16.9. The first-order valence-corrected chi connectivity index (χ1v) is 10.9. The molecular weight excluding hydrogens is 509 g/mol. The van der Waals surface area contributed by atoms with Crippen LogP contribution in [0.1, 0.15) is 5.56 Å². The van der Waals surface area contributed by atoms with Crippen LogP contribution in [0, 0.1) is 0 Å². The highest BCUT2D eigenvalue weighted by molar-refractivity contribution is 6.30. The SMILES string of the molecule is CN1C(=O)N(CC(=O)O)C(=O)C2C1NC(Oc1cccc(OC(F)(F)F)c1)N2Cc1ccc(Cl)cc1. The van der Waals surface area contributed by atoms with Crippen LogP contribution in [0.25, 0.3) is 0 Å². The van der Waals surface area contributed by atoms with Gasteiger partial charge in [-0.2, -0.15) is 0 Å². The number of halogens is 4. The van der Waals surface area contributed by atoms with E-state index in [1.807, 2.05) is 0 Å². The number of nitrogens with one attached hydrogen (secondary N) is 1. The molecule has 3 atom stereocenters. The van der Waals surface area contributed by atoms with Gasteiger partial charge in [-0.05, 0) is 29.8 Å². The van der Waals surface area contributed by atoms with Crippen LogP contribution in [0.4, 0.5) is 18.0 Å². The molecule has 10 nitrogen and oxygen atoms in total. The van der Waals surface area contributed by atoms with Crippen molar-refractivity contribution in [2.75, 3.05) is 13.6 Å². The van der Waals surface area contributed by atoms with Crippen LogP contribution in [0.2, 0.25) is 5.02 Å². The van der Waals surface area contributed by atoms with Crippen LogP contribution in [0.3, 0.4) is 0 Å². The number of amides is 3. The summed E-state index contributed by atoms with van der Waals surface area (Å²) in [6, 6.07) is 9.67. The number of hydrogen-bond acceptors (Lipinski definition) is 7. The topological polar surface area (TPSA) is 112 Å². The molecular formula is C22H20ClF3N4O6. The second-order valence-electron chi connectivity index (χ2n) is 8.06. The summed E-state index contributed by atoms with van der Waals surface area (Å²) in [4.78, 5) is 40.6. The molecule has 3 amide bonds. The zero-order valence-corrected chi connectivity index (χ0v) is 19.4. The molecule has 36 heavy (non-hydrogen) atoms. The Bertz CT molecular complexity index is 1170. The first kappa shape index (κ1) is 25.5. The van der Waals surface area contributed by atoms with Crippen LogP contribution < -0.4 is 14.8 Å². The predicted molar refractivity (Wildman–Crippen MR) is 118 cm³/mol. The van der Waals surface area contributed by atoms with E-state index in [0.29, 0.717) is 15.5 Å². The molecule has 2 N–H and O–H groups in total. The fraction of sp³-hybridized carbons (Fsp3) is 0.318. The van der Waals surface area contributed by atoms with E-state index in [1.54, 1.807) is 29.2 Å². The number of hydrogen-bond donors (Lipinski definition) is 2. The monoisotopic (exact) mass is 528 g/mol. The van der Waals surface area contributed by atoms with Gasteiger partial charge in [0.15, 0.2) is 0 Å². The smallest absolute Gasteiger partial charge is 0.480 e. The number of alkyl halides is 3. The Labute approximate surface area is 207 Å². The number of benzene rings is 2. The van der Waals surface area contributed by atoms with Gasteiger partial charge in [0, 0.05) is 24.7 Å². The van der Waals surface area contributed by atoms with Crippen LogP contribution in [-0.4, -0.2) is 76.2 Å². The molecule has 0 aliphatic carbocycles. The number of carboxylic acids is 1. The van der Waals surface area contributed by atoms with E-state index in [-0.39, 0.29) is 12.3 Å². The van der Waals surface area contributed by atoms with Crippen LogP contribution in [0.15, 0.2) is 48.5 Å². The summed E-state index contributed by atoms with van der Waals surface area (Å²) in [7, 11) is 1.40. The highest BCUT2D eigenvalue weighted by atomic mass is 35.5. The molecule has 0 aromatic heterocycles. The third-order valence-electron chi connectivity index (χ3n) is 5.60. The number of nitrogens with zero attached hydrogens (tertiary/aromatic N) is 3. The van der Waals surface area contributed by atoms with E-state index < -0.39 is 55.1 Å². The minimum absolute atomic E-state index is 0.00202. The summed E-state index contributed by atoms with van der Waals surface area (Å²) >= 11 is 5.96. The third kappa shape index (κ3) is 5.48. The number of ether oxygens (including phenoxy) is 2. The van der Waals surface area contributed by atoms with Crippen LogP contribution >= 0.6 is 11.6 Å². The number of fused-ring (bicyclic) bond motifs is 1. The van der Waals surface area contributed by atoms with Crippen LogP contribution in [0.5, 0.6) is 11.5 Å². The van der Waals surface area contributed by atoms with Crippen molar-refractivity contribution in [3.8, 4) is 11.5 Å². The van der Waals surface area contributed by atoms with Crippen molar-refractivity contribution in [2.24, 2.45) is 0 Å². The molecule has 0 spiro atoms. The fourth-order valence-electron chi connectivity index (χ4n) is 4.06. The number of imide groups is 1. The number of aliphatic carboxylic acids is 1. The Morgan fingerprint density at radius 1 is 1.14 bits per heavy atom. The lowest BCUT2D eigenvalue weighted by Gasteiger charge is -2.40. The van der Waals surface area contributed by atoms with Gasteiger partial charge < -0.3 is 19.5 Å². The van der Waals surface area contributed by atoms with Gasteiger partial charge in [-0.1, -0.05) is 29.8 Å². The molecule has 2 aliphatic heterocycles. The maximum atomic E-state index is 13.3. The molecule has 2 fully saturated rings. The Hall–Kier alpha value is -3.55. The molecule has 2 aliphatic rings. The van der Waals surface area contributed by atoms with Gasteiger partial charge in [-0.25, -0.2) is 15.0 Å². The van der Waals surface area contributed by atoms with Crippen LogP contribution in [-0.2, 0) is 16.1 Å². The van der Waals surface area contributed by atoms with E-state index in [9.17, 15) is 32.7 Å². The van der Waals surface area contributed by atoms with Crippen molar-refractivity contribution in [2.45, 2.75) is 31.5 Å². The number of likely N-dealkylation sites (N-methyl/N-ethyl adjacent to an activating group) is 1. The number of urea groups is 1. The van der Waals surface area contributed by atoms with E-state index in [1.165, 1.54) is 24.1 Å². The summed E-state index contributed by atoms with van der Waals surface area (Å²) < 4.78 is 47.8. The Morgan fingerprint density at radius 3 is 2.44 bits per heavy atom. The quantitative estimate of drug-likeness (QED) is 0.564. The number of rotatable bonds is 7. The van der Waals surface area contributed by atoms with Crippen molar-refractivity contribution >= 4 is 29.5 Å². The molecule has 2 heterocycles. The fourth-order valence-corrected chi connectivity index (χ4v) is 4.19. The molecule has 14 heteroatoms. The van der Waals surface area contributed by atoms with Gasteiger partial charge in [-0.15, -0.1) is 13.2 Å². The van der Waals surface area contributed by atoms with Crippen molar-refractivity contribution < 1.29 is 42.1 Å². The van der Waals surface area contributed by atoms with Gasteiger partial charge in [0.05, 0.1) is 0 Å². The summed E-state index contributed by atoms with van der Waals surface area (Å²) in [6.07, 6.45) is -6.88. The third-order valence-corrected chi connectivity index (χ3v) is 5.85. The molecule has 192 valence electrons. The van der Waals surface area contributed by atoms with Gasteiger partial charge in [0.2, 0.25) is 6.35 Å². The van der Waals surface area contributed by atoms with E-state index in [4.69, 9.17) is 16.3 Å². The maximum Gasteiger partial charge on any atom is 0.573 e. The molecule has 0 bridgehead atoms. The molecule has 3 unspecified atom stereocenters. The Balaban J connectivity index is 1.66. The van der Waals surface area contributed by atoms with Crippen molar-refractivity contribution in [3.63, 3.8) is 0 Å². The molecule has 2 aromatic rings. The molecule has 4 rings (SSSR count). The number of carboxylic acid groups (broad SMARTS) is 1. The lowest BCUT2D eigenvalue weighted by Crippen LogP contribution is -2.66. The van der Waals surface area contributed by atoms with Gasteiger partial charge in [0.25, 0.3) is 5.91 Å². The second-order valence-corrected chi connectivity index (χ2v) is 8.50. The second kappa shape index (κ2) is 9.84. The lowest BCUT2D eigenvalue weighted by atomic mass is 10.1. The van der Waals surface area contributed by atoms with Gasteiger partial charge >= 0.3 is 18.4 Å². The minimum Gasteiger partial charge on any atom is -0.480 e. The van der Waals surface area contributed by atoms with Crippen molar-refractivity contribution in [1.82, 2.24) is 20.0 Å². The number of carbonyl (C=O) groups is 3. The maximum absolute atomic E-state index is 13.3. The number of carbonyl (C=O) groups excluding carboxylic acids is 2. The minimum atomic E-state index is -4.90. The average molecular weight is 529 g/mol. The average Bonchev–Trinajstić information content (AvgIpc) is 3.13. The molecule has 0 radical (unpaired) electrons. The van der Waals surface area contributed by atoms with Crippen molar-refractivity contribution in [3.05, 3.63) is 59.1 Å².